The fourth-order valence-electron chi connectivity index (χ4n) is 12.5. The molecule has 4 saturated carbocycles. The molecule has 0 radical (unpaired) electrons. The van der Waals surface area contributed by atoms with Crippen LogP contribution in [0.25, 0.3) is 11.1 Å². The number of benzene rings is 2. The molecule has 264 valence electrons. The third kappa shape index (κ3) is 6.01. The molecule has 7 aliphatic carbocycles. The normalized spacial score (nSPS) is 31.6. The minimum atomic E-state index is 0. The zero-order valence-corrected chi connectivity index (χ0v) is 36.4. The summed E-state index contributed by atoms with van der Waals surface area (Å²) in [7, 11) is 0. The summed E-state index contributed by atoms with van der Waals surface area (Å²) < 4.78 is 0. The van der Waals surface area contributed by atoms with Crippen molar-refractivity contribution in [3.63, 3.8) is 0 Å². The number of hydrogen-bond acceptors (Lipinski definition) is 0. The van der Waals surface area contributed by atoms with Gasteiger partial charge in [-0.2, -0.15) is 0 Å². The van der Waals surface area contributed by atoms with Crippen LogP contribution < -0.4 is 24.8 Å². The van der Waals surface area contributed by atoms with Crippen molar-refractivity contribution in [2.75, 3.05) is 0 Å². The van der Waals surface area contributed by atoms with Gasteiger partial charge in [-0.3, -0.25) is 0 Å². The van der Waals surface area contributed by atoms with Gasteiger partial charge in [-0.1, -0.05) is 130 Å². The Morgan fingerprint density at radius 3 is 1.49 bits per heavy atom. The van der Waals surface area contributed by atoms with E-state index in [1.165, 1.54) is 73.6 Å². The van der Waals surface area contributed by atoms with E-state index < -0.39 is 0 Å². The van der Waals surface area contributed by atoms with Crippen molar-refractivity contribution < 1.29 is 51.0 Å². The van der Waals surface area contributed by atoms with Gasteiger partial charge in [0.15, 0.2) is 0 Å². The first-order valence-corrected chi connectivity index (χ1v) is 19.1. The van der Waals surface area contributed by atoms with E-state index >= 15 is 0 Å². The zero-order valence-electron chi connectivity index (χ0n) is 32.4. The summed E-state index contributed by atoms with van der Waals surface area (Å²) >= 11 is 0. The predicted molar refractivity (Wildman–Crippen MR) is 196 cm³/mol. The van der Waals surface area contributed by atoms with E-state index in [9.17, 15) is 0 Å². The van der Waals surface area contributed by atoms with E-state index in [2.05, 4.69) is 119 Å². The fraction of sp³-hybridized carbons (Fsp3) is 0.652. The molecule has 0 aliphatic heterocycles. The van der Waals surface area contributed by atoms with Gasteiger partial charge in [0.2, 0.25) is 0 Å². The molecular weight excluding hydrogens is 715 g/mol. The van der Waals surface area contributed by atoms with Crippen LogP contribution in [0.3, 0.4) is 0 Å². The Morgan fingerprint density at radius 2 is 1.10 bits per heavy atom. The van der Waals surface area contributed by atoms with E-state index in [1.54, 1.807) is 16.7 Å². The Bertz CT molecular complexity index is 1570. The molecule has 49 heavy (non-hydrogen) atoms. The Labute approximate surface area is 331 Å². The summed E-state index contributed by atoms with van der Waals surface area (Å²) in [5.41, 5.74) is 15.8. The van der Waals surface area contributed by atoms with Crippen LogP contribution >= 0.6 is 0 Å². The van der Waals surface area contributed by atoms with Gasteiger partial charge in [-0.15, -0.1) is 0 Å². The third-order valence-corrected chi connectivity index (χ3v) is 14.6. The van der Waals surface area contributed by atoms with Gasteiger partial charge < -0.3 is 24.8 Å². The maximum absolute atomic E-state index is 2.90. The molecule has 0 spiro atoms. The third-order valence-electron chi connectivity index (χ3n) is 14.6. The molecule has 0 saturated heterocycles. The van der Waals surface area contributed by atoms with Crippen LogP contribution in [0, 0.1) is 45.8 Å². The molecule has 4 fully saturated rings. The standard InChI is InChI=1S/C46H62.2ClH.Zr/c1-27(2)46(41-34-14-12-31(42(3,4)5)19-36(34)37-20-32(43(6,7)8)13-15-35(37)41)26-40(44(9,10)11)38-21-33(22-39(38)46)45-23-28-16-29(24-45)18-30(17-28)25-45;;;/h12-15,19-20,22,27-30,40-41H,16-18,21,23-26H2,1-11H3;2*1H;/q;;;+2/p-2. The zero-order chi connectivity index (χ0) is 32.8. The first kappa shape index (κ1) is 39.6. The molecule has 4 bridgehead atoms. The van der Waals surface area contributed by atoms with E-state index in [-0.39, 0.29) is 72.7 Å². The second kappa shape index (κ2) is 12.8. The molecule has 0 nitrogen and oxygen atoms in total. The molecular formula is C46H62Cl2Zr. The largest absolute Gasteiger partial charge is 2.00 e. The molecule has 3 heteroatoms. The SMILES string of the molecule is CC(C)C1(C2c3ccc(C(C)(C)C)cc3-c3cc(C(C)(C)C)ccc32)CC(C(C)(C)C)C2=C1C=C(C13CC4CC(CC(C4)C1)C3)C2.[Cl-].[Cl-].[Zr+2]. The molecule has 7 aliphatic rings. The molecule has 2 atom stereocenters. The van der Waals surface area contributed by atoms with E-state index in [0.717, 1.165) is 17.8 Å². The summed E-state index contributed by atoms with van der Waals surface area (Å²) in [6.45, 7) is 27.0. The molecule has 0 aromatic heterocycles. The molecule has 2 unspecified atom stereocenters. The molecule has 2 aromatic carbocycles. The van der Waals surface area contributed by atoms with Crippen LogP contribution in [0.4, 0.5) is 0 Å². The first-order chi connectivity index (χ1) is 21.4. The maximum atomic E-state index is 2.90. The Kier molecular flexibility index (Phi) is 10.3. The molecule has 0 N–H and O–H groups in total. The van der Waals surface area contributed by atoms with E-state index in [1.807, 2.05) is 11.1 Å². The average Bonchev–Trinajstić information content (AvgIpc) is 3.60. The topological polar surface area (TPSA) is 0 Å². The van der Waals surface area contributed by atoms with Gasteiger partial charge in [0.05, 0.1) is 0 Å². The number of hydrogen-bond donors (Lipinski definition) is 0. The van der Waals surface area contributed by atoms with Crippen LogP contribution in [-0.2, 0) is 37.0 Å². The van der Waals surface area contributed by atoms with Crippen LogP contribution in [0.2, 0.25) is 0 Å². The first-order valence-electron chi connectivity index (χ1n) is 19.1. The smallest absolute Gasteiger partial charge is 1.00 e. The fourth-order valence-corrected chi connectivity index (χ4v) is 12.5. The van der Waals surface area contributed by atoms with Gasteiger partial charge in [-0.25, -0.2) is 0 Å². The second-order valence-electron chi connectivity index (χ2n) is 20.8. The van der Waals surface area contributed by atoms with Crippen LogP contribution in [0.15, 0.2) is 59.2 Å². The Balaban J connectivity index is 0.00000156. The van der Waals surface area contributed by atoms with Crippen molar-refractivity contribution in [2.24, 2.45) is 45.8 Å². The van der Waals surface area contributed by atoms with Gasteiger partial charge in [0.1, 0.15) is 0 Å². The van der Waals surface area contributed by atoms with Crippen LogP contribution in [0.1, 0.15) is 156 Å². The quantitative estimate of drug-likeness (QED) is 0.317. The van der Waals surface area contributed by atoms with Crippen molar-refractivity contribution in [3.8, 4) is 11.1 Å². The summed E-state index contributed by atoms with van der Waals surface area (Å²) in [5, 5.41) is 0. The monoisotopic (exact) mass is 774 g/mol. The summed E-state index contributed by atoms with van der Waals surface area (Å²) in [4.78, 5) is 0. The molecule has 0 amide bonds. The Morgan fingerprint density at radius 1 is 0.653 bits per heavy atom. The van der Waals surface area contributed by atoms with Gasteiger partial charge in [0, 0.05) is 11.3 Å². The number of allylic oxidation sites excluding steroid dienone is 4. The van der Waals surface area contributed by atoms with Crippen LogP contribution in [-0.4, -0.2) is 0 Å². The minimum Gasteiger partial charge on any atom is -1.00 e. The number of rotatable bonds is 3. The summed E-state index contributed by atoms with van der Waals surface area (Å²) in [6, 6.07) is 15.3. The van der Waals surface area contributed by atoms with E-state index in [4.69, 9.17) is 0 Å². The van der Waals surface area contributed by atoms with Crippen molar-refractivity contribution in [1.29, 1.82) is 0 Å². The van der Waals surface area contributed by atoms with Gasteiger partial charge in [-0.05, 0) is 142 Å². The van der Waals surface area contributed by atoms with Crippen molar-refractivity contribution in [1.82, 2.24) is 0 Å². The van der Waals surface area contributed by atoms with Crippen molar-refractivity contribution in [2.45, 2.75) is 144 Å². The summed E-state index contributed by atoms with van der Waals surface area (Å²) in [6.07, 6.45) is 14.5. The average molecular weight is 777 g/mol. The number of fused-ring (bicyclic) bond motifs is 3. The second-order valence-corrected chi connectivity index (χ2v) is 20.8. The Hall–Kier alpha value is -0.617. The van der Waals surface area contributed by atoms with Crippen molar-refractivity contribution in [3.05, 3.63) is 81.4 Å². The van der Waals surface area contributed by atoms with E-state index in [0.29, 0.717) is 23.2 Å². The minimum absolute atomic E-state index is 0. The molecule has 9 rings (SSSR count). The molecule has 2 aromatic rings. The van der Waals surface area contributed by atoms with Crippen LogP contribution in [0.5, 0.6) is 0 Å². The predicted octanol–water partition coefficient (Wildman–Crippen LogP) is 6.95. The molecule has 0 heterocycles. The maximum Gasteiger partial charge on any atom is 2.00 e. The number of halogens is 2. The van der Waals surface area contributed by atoms with Gasteiger partial charge >= 0.3 is 26.2 Å². The van der Waals surface area contributed by atoms with Crippen molar-refractivity contribution >= 4 is 0 Å². The summed E-state index contributed by atoms with van der Waals surface area (Å²) in [5.74, 6) is 4.60. The van der Waals surface area contributed by atoms with Gasteiger partial charge in [0.25, 0.3) is 0 Å².